The summed E-state index contributed by atoms with van der Waals surface area (Å²) in [7, 11) is 1.56. The van der Waals surface area contributed by atoms with Gasteiger partial charge in [-0.3, -0.25) is 0 Å². The minimum Gasteiger partial charge on any atom is -0.383 e. The molecule has 0 bridgehead atoms. The molecule has 7 heteroatoms. The number of hydrogen-bond donors (Lipinski definition) is 1. The van der Waals surface area contributed by atoms with Crippen LogP contribution in [0.5, 0.6) is 0 Å². The monoisotopic (exact) mass is 248 g/mol. The molecule has 4 nitrogen and oxygen atoms in total. The Morgan fingerprint density at radius 1 is 1.35 bits per heavy atom. The fourth-order valence-electron chi connectivity index (χ4n) is 1.48. The van der Waals surface area contributed by atoms with E-state index in [4.69, 9.17) is 5.73 Å². The van der Waals surface area contributed by atoms with E-state index in [1.807, 2.05) is 6.92 Å². The molecule has 0 aromatic carbocycles. The van der Waals surface area contributed by atoms with E-state index in [1.54, 1.807) is 7.05 Å². The highest BCUT2D eigenvalue weighted by atomic mass is 19.4. The van der Waals surface area contributed by atoms with Crippen molar-refractivity contribution in [2.45, 2.75) is 25.9 Å². The van der Waals surface area contributed by atoms with Gasteiger partial charge in [-0.2, -0.15) is 13.2 Å². The van der Waals surface area contributed by atoms with Crippen molar-refractivity contribution in [1.82, 2.24) is 9.97 Å². The van der Waals surface area contributed by atoms with Crippen LogP contribution >= 0.6 is 0 Å². The van der Waals surface area contributed by atoms with Crippen LogP contribution in [0.1, 0.15) is 18.9 Å². The van der Waals surface area contributed by atoms with E-state index in [1.165, 1.54) is 11.2 Å². The van der Waals surface area contributed by atoms with Crippen molar-refractivity contribution in [3.63, 3.8) is 0 Å². The number of nitrogen functional groups attached to an aromatic ring is 1. The van der Waals surface area contributed by atoms with Crippen molar-refractivity contribution in [3.05, 3.63) is 11.9 Å². The Hall–Kier alpha value is -1.53. The lowest BCUT2D eigenvalue weighted by atomic mass is 10.2. The van der Waals surface area contributed by atoms with Crippen molar-refractivity contribution >= 4 is 11.6 Å². The van der Waals surface area contributed by atoms with Gasteiger partial charge in [0, 0.05) is 19.2 Å². The van der Waals surface area contributed by atoms with E-state index in [0.29, 0.717) is 23.6 Å². The third-order valence-corrected chi connectivity index (χ3v) is 2.40. The van der Waals surface area contributed by atoms with E-state index in [-0.39, 0.29) is 6.54 Å². The van der Waals surface area contributed by atoms with Crippen molar-refractivity contribution in [2.75, 3.05) is 24.2 Å². The average Bonchev–Trinajstić information content (AvgIpc) is 2.24. The fourth-order valence-corrected chi connectivity index (χ4v) is 1.48. The Labute approximate surface area is 97.7 Å². The highest BCUT2D eigenvalue weighted by molar-refractivity contribution is 5.56. The summed E-state index contributed by atoms with van der Waals surface area (Å²) < 4.78 is 36.3. The Morgan fingerprint density at radius 3 is 2.53 bits per heavy atom. The summed E-state index contributed by atoms with van der Waals surface area (Å²) >= 11 is 0. The van der Waals surface area contributed by atoms with Crippen LogP contribution in [0.25, 0.3) is 0 Å². The van der Waals surface area contributed by atoms with Crippen LogP contribution in [0.15, 0.2) is 6.33 Å². The minimum absolute atomic E-state index is 0.146. The van der Waals surface area contributed by atoms with Crippen LogP contribution < -0.4 is 10.6 Å². The maximum Gasteiger partial charge on any atom is 0.390 e. The molecule has 1 aromatic rings. The fraction of sp³-hybridized carbons (Fsp3) is 0.600. The van der Waals surface area contributed by atoms with Crippen LogP contribution in [0.3, 0.4) is 0 Å². The van der Waals surface area contributed by atoms with Gasteiger partial charge in [-0.05, 0) is 6.42 Å². The molecule has 0 saturated heterocycles. The lowest BCUT2D eigenvalue weighted by Crippen LogP contribution is -2.26. The maximum atomic E-state index is 12.1. The highest BCUT2D eigenvalue weighted by Crippen LogP contribution is 2.24. The molecule has 96 valence electrons. The van der Waals surface area contributed by atoms with Gasteiger partial charge in [0.15, 0.2) is 0 Å². The molecule has 1 aromatic heterocycles. The molecule has 0 radical (unpaired) electrons. The van der Waals surface area contributed by atoms with Gasteiger partial charge in [-0.15, -0.1) is 0 Å². The van der Waals surface area contributed by atoms with Gasteiger partial charge >= 0.3 is 6.18 Å². The van der Waals surface area contributed by atoms with Gasteiger partial charge in [-0.1, -0.05) is 6.92 Å². The molecule has 2 N–H and O–H groups in total. The summed E-state index contributed by atoms with van der Waals surface area (Å²) in [6.45, 7) is 1.71. The van der Waals surface area contributed by atoms with Gasteiger partial charge < -0.3 is 10.6 Å². The predicted octanol–water partition coefficient (Wildman–Crippen LogP) is 2.01. The standard InChI is InChI=1S/C10H15F3N4/c1-3-7-8(14)15-6-16-9(7)17(2)5-4-10(11,12)13/h6H,3-5H2,1-2H3,(H2,14,15,16). The molecule has 0 spiro atoms. The van der Waals surface area contributed by atoms with Gasteiger partial charge in [0.1, 0.15) is 18.0 Å². The van der Waals surface area contributed by atoms with Crippen LogP contribution in [-0.2, 0) is 6.42 Å². The molecule has 0 aliphatic rings. The Morgan fingerprint density at radius 2 is 2.00 bits per heavy atom. The van der Waals surface area contributed by atoms with Crippen molar-refractivity contribution in [3.8, 4) is 0 Å². The van der Waals surface area contributed by atoms with Gasteiger partial charge in [0.2, 0.25) is 0 Å². The number of aromatic nitrogens is 2. The molecule has 1 rings (SSSR count). The second-order valence-corrected chi connectivity index (χ2v) is 3.70. The second kappa shape index (κ2) is 5.20. The first kappa shape index (κ1) is 13.5. The molecule has 17 heavy (non-hydrogen) atoms. The molecular weight excluding hydrogens is 233 g/mol. The molecule has 0 aliphatic carbocycles. The quantitative estimate of drug-likeness (QED) is 0.885. The van der Waals surface area contributed by atoms with E-state index in [0.717, 1.165) is 0 Å². The SMILES string of the molecule is CCc1c(N)ncnc1N(C)CCC(F)(F)F. The van der Waals surface area contributed by atoms with Crippen LogP contribution in [-0.4, -0.2) is 29.7 Å². The number of rotatable bonds is 4. The zero-order chi connectivity index (χ0) is 13.1. The van der Waals surface area contributed by atoms with Gasteiger partial charge in [-0.25, -0.2) is 9.97 Å². The van der Waals surface area contributed by atoms with Crippen LogP contribution in [0.2, 0.25) is 0 Å². The largest absolute Gasteiger partial charge is 0.390 e. The minimum atomic E-state index is -4.17. The zero-order valence-electron chi connectivity index (χ0n) is 9.75. The predicted molar refractivity (Wildman–Crippen MR) is 59.8 cm³/mol. The summed E-state index contributed by atoms with van der Waals surface area (Å²) in [5.74, 6) is 0.778. The van der Waals surface area contributed by atoms with Crippen molar-refractivity contribution in [2.24, 2.45) is 0 Å². The lowest BCUT2D eigenvalue weighted by Gasteiger charge is -2.21. The lowest BCUT2D eigenvalue weighted by molar-refractivity contribution is -0.132. The summed E-state index contributed by atoms with van der Waals surface area (Å²) in [6, 6.07) is 0. The smallest absolute Gasteiger partial charge is 0.383 e. The number of nitrogens with two attached hydrogens (primary N) is 1. The molecule has 0 atom stereocenters. The Balaban J connectivity index is 2.82. The Bertz CT molecular complexity index is 378. The molecule has 0 amide bonds. The number of nitrogens with zero attached hydrogens (tertiary/aromatic N) is 3. The highest BCUT2D eigenvalue weighted by Gasteiger charge is 2.27. The molecular formula is C10H15F3N4. The van der Waals surface area contributed by atoms with Crippen LogP contribution in [0.4, 0.5) is 24.8 Å². The normalized spacial score (nSPS) is 11.6. The molecule has 0 unspecified atom stereocenters. The van der Waals surface area contributed by atoms with Gasteiger partial charge in [0.25, 0.3) is 0 Å². The van der Waals surface area contributed by atoms with Crippen molar-refractivity contribution < 1.29 is 13.2 Å². The Kier molecular flexibility index (Phi) is 4.14. The van der Waals surface area contributed by atoms with Crippen molar-refractivity contribution in [1.29, 1.82) is 0 Å². The number of anilines is 2. The molecule has 0 aliphatic heterocycles. The molecule has 1 heterocycles. The first-order valence-corrected chi connectivity index (χ1v) is 5.22. The third kappa shape index (κ3) is 3.76. The topological polar surface area (TPSA) is 55.0 Å². The number of halogens is 3. The summed E-state index contributed by atoms with van der Waals surface area (Å²) in [6.07, 6.45) is -3.21. The zero-order valence-corrected chi connectivity index (χ0v) is 9.75. The molecule has 0 saturated carbocycles. The van der Waals surface area contributed by atoms with E-state index in [9.17, 15) is 13.2 Å². The third-order valence-electron chi connectivity index (χ3n) is 2.40. The second-order valence-electron chi connectivity index (χ2n) is 3.70. The first-order valence-electron chi connectivity index (χ1n) is 5.22. The summed E-state index contributed by atoms with van der Waals surface area (Å²) in [4.78, 5) is 9.25. The number of hydrogen-bond acceptors (Lipinski definition) is 4. The van der Waals surface area contributed by atoms with E-state index in [2.05, 4.69) is 9.97 Å². The summed E-state index contributed by atoms with van der Waals surface area (Å²) in [5.41, 5.74) is 6.33. The average molecular weight is 248 g/mol. The number of alkyl halides is 3. The first-order chi connectivity index (χ1) is 7.85. The summed E-state index contributed by atoms with van der Waals surface area (Å²) in [5, 5.41) is 0. The van der Waals surface area contributed by atoms with Crippen LogP contribution in [0, 0.1) is 0 Å². The van der Waals surface area contributed by atoms with E-state index >= 15 is 0 Å². The van der Waals surface area contributed by atoms with Gasteiger partial charge in [0.05, 0.1) is 6.42 Å². The maximum absolute atomic E-state index is 12.1. The molecule has 0 fully saturated rings. The van der Waals surface area contributed by atoms with E-state index < -0.39 is 12.6 Å².